The highest BCUT2D eigenvalue weighted by molar-refractivity contribution is 7.89. The lowest BCUT2D eigenvalue weighted by molar-refractivity contribution is 0.281. The van der Waals surface area contributed by atoms with Crippen molar-refractivity contribution in [1.82, 2.24) is 14.9 Å². The van der Waals surface area contributed by atoms with Crippen molar-refractivity contribution in [3.05, 3.63) is 24.3 Å². The maximum atomic E-state index is 12.1. The number of nitrogens with one attached hydrogen (secondary N) is 2. The third kappa shape index (κ3) is 7.55. The second kappa shape index (κ2) is 11.1. The second-order valence-electron chi connectivity index (χ2n) is 6.88. The summed E-state index contributed by atoms with van der Waals surface area (Å²) in [5.74, 6) is 2.71. The van der Waals surface area contributed by atoms with Crippen LogP contribution in [-0.4, -0.2) is 72.5 Å². The van der Waals surface area contributed by atoms with Crippen LogP contribution in [0.1, 0.15) is 19.3 Å². The first-order chi connectivity index (χ1) is 13.4. The van der Waals surface area contributed by atoms with Crippen LogP contribution >= 0.6 is 0 Å². The monoisotopic (exact) mass is 412 g/mol. The molecule has 0 spiro atoms. The fraction of sp³-hybridized carbons (Fsp3) is 0.632. The molecule has 1 aromatic carbocycles. The molecule has 2 rings (SSSR count). The quantitative estimate of drug-likeness (QED) is 0.420. The maximum absolute atomic E-state index is 12.1. The summed E-state index contributed by atoms with van der Waals surface area (Å²) in [4.78, 5) is 6.10. The lowest BCUT2D eigenvalue weighted by Gasteiger charge is -2.25. The molecule has 1 aliphatic carbocycles. The Morgan fingerprint density at radius 2 is 1.93 bits per heavy atom. The molecule has 0 aliphatic heterocycles. The van der Waals surface area contributed by atoms with Crippen LogP contribution < -0.4 is 19.5 Å². The Bertz CT molecular complexity index is 718. The number of aliphatic imine (C=N–C) groups is 1. The molecule has 2 N–H and O–H groups in total. The highest BCUT2D eigenvalue weighted by Gasteiger charge is 2.20. The fourth-order valence-electron chi connectivity index (χ4n) is 2.77. The van der Waals surface area contributed by atoms with Crippen molar-refractivity contribution in [2.45, 2.75) is 19.3 Å². The van der Waals surface area contributed by atoms with E-state index >= 15 is 0 Å². The molecule has 1 saturated carbocycles. The number of nitrogens with zero attached hydrogens (tertiary/aromatic N) is 2. The van der Waals surface area contributed by atoms with Crippen LogP contribution in [0.4, 0.5) is 0 Å². The second-order valence-corrected chi connectivity index (χ2v) is 8.81. The topological polar surface area (TPSA) is 92.3 Å². The smallest absolute Gasteiger partial charge is 0.213 e. The minimum atomic E-state index is -3.26. The normalized spacial score (nSPS) is 15.0. The number of likely N-dealkylation sites (N-methyl/N-ethyl adjacent to an activating group) is 1. The van der Waals surface area contributed by atoms with Gasteiger partial charge in [-0.15, -0.1) is 0 Å². The van der Waals surface area contributed by atoms with E-state index in [-0.39, 0.29) is 5.75 Å². The van der Waals surface area contributed by atoms with Gasteiger partial charge in [0.15, 0.2) is 5.96 Å². The predicted octanol–water partition coefficient (Wildman–Crippen LogP) is 1.30. The molecule has 0 heterocycles. The summed E-state index contributed by atoms with van der Waals surface area (Å²) in [6.07, 6.45) is 3.45. The lowest BCUT2D eigenvalue weighted by Crippen LogP contribution is -2.44. The third-order valence-corrected chi connectivity index (χ3v) is 6.15. The van der Waals surface area contributed by atoms with E-state index < -0.39 is 10.0 Å². The summed E-state index contributed by atoms with van der Waals surface area (Å²) in [5, 5.41) is 3.09. The molecule has 0 amide bonds. The molecule has 0 radical (unpaired) electrons. The van der Waals surface area contributed by atoms with Gasteiger partial charge in [-0.3, -0.25) is 4.99 Å². The van der Waals surface area contributed by atoms with Crippen molar-refractivity contribution in [3.63, 3.8) is 0 Å². The maximum Gasteiger partial charge on any atom is 0.213 e. The van der Waals surface area contributed by atoms with E-state index in [1.54, 1.807) is 14.2 Å². The molecule has 1 aliphatic rings. The van der Waals surface area contributed by atoms with Gasteiger partial charge in [-0.25, -0.2) is 13.1 Å². The average Bonchev–Trinajstić information content (AvgIpc) is 2.64. The Balaban J connectivity index is 1.66. The summed E-state index contributed by atoms with van der Waals surface area (Å²) >= 11 is 0. The first kappa shape index (κ1) is 22.3. The predicted molar refractivity (Wildman–Crippen MR) is 112 cm³/mol. The van der Waals surface area contributed by atoms with Crippen molar-refractivity contribution in [3.8, 4) is 11.5 Å². The van der Waals surface area contributed by atoms with Gasteiger partial charge in [0, 0.05) is 27.2 Å². The van der Waals surface area contributed by atoms with Crippen molar-refractivity contribution < 1.29 is 17.9 Å². The number of methoxy groups -OCH3 is 1. The molecule has 0 saturated heterocycles. The minimum Gasteiger partial charge on any atom is -0.497 e. The molecule has 0 aromatic heterocycles. The number of ether oxygens (including phenoxy) is 2. The molecule has 1 fully saturated rings. The van der Waals surface area contributed by atoms with Gasteiger partial charge in [0.1, 0.15) is 18.1 Å². The van der Waals surface area contributed by atoms with E-state index in [0.717, 1.165) is 24.3 Å². The average molecular weight is 413 g/mol. The van der Waals surface area contributed by atoms with Crippen molar-refractivity contribution in [2.75, 3.05) is 53.2 Å². The van der Waals surface area contributed by atoms with E-state index in [1.165, 1.54) is 6.42 Å². The molecular weight excluding hydrogens is 380 g/mol. The van der Waals surface area contributed by atoms with Crippen LogP contribution in [0.2, 0.25) is 0 Å². The summed E-state index contributed by atoms with van der Waals surface area (Å²) in [6, 6.07) is 7.40. The zero-order chi connectivity index (χ0) is 20.4. The van der Waals surface area contributed by atoms with Gasteiger partial charge in [0.25, 0.3) is 0 Å². The van der Waals surface area contributed by atoms with E-state index in [2.05, 4.69) is 15.0 Å². The Hall–Kier alpha value is -2.00. The lowest BCUT2D eigenvalue weighted by atomic mass is 9.86. The van der Waals surface area contributed by atoms with Crippen LogP contribution in [0.25, 0.3) is 0 Å². The molecule has 28 heavy (non-hydrogen) atoms. The third-order valence-electron chi connectivity index (χ3n) is 4.80. The van der Waals surface area contributed by atoms with Gasteiger partial charge in [-0.2, -0.15) is 0 Å². The molecule has 1 aromatic rings. The standard InChI is InChI=1S/C19H32N4O4S/c1-20-19(21-11-14-28(24,25)22-15-16-5-4-6-16)23(2)12-13-27-18-9-7-17(26-3)8-10-18/h7-10,16,22H,4-6,11-15H2,1-3H3,(H,20,21). The number of rotatable bonds is 11. The Kier molecular flexibility index (Phi) is 8.85. The highest BCUT2D eigenvalue weighted by atomic mass is 32.2. The van der Waals surface area contributed by atoms with Crippen molar-refractivity contribution in [1.29, 1.82) is 0 Å². The van der Waals surface area contributed by atoms with Gasteiger partial charge in [0.05, 0.1) is 19.4 Å². The number of guanidine groups is 1. The summed E-state index contributed by atoms with van der Waals surface area (Å²) in [5.41, 5.74) is 0. The zero-order valence-electron chi connectivity index (χ0n) is 17.0. The molecule has 0 atom stereocenters. The minimum absolute atomic E-state index is 0.0227. The number of hydrogen-bond donors (Lipinski definition) is 2. The van der Waals surface area contributed by atoms with Crippen molar-refractivity contribution >= 4 is 16.0 Å². The molecular formula is C19H32N4O4S. The summed E-state index contributed by atoms with van der Waals surface area (Å²) < 4.78 is 37.6. The Morgan fingerprint density at radius 1 is 1.25 bits per heavy atom. The fourth-order valence-corrected chi connectivity index (χ4v) is 3.78. The summed E-state index contributed by atoms with van der Waals surface area (Å²) in [6.45, 7) is 1.94. The van der Waals surface area contributed by atoms with E-state index in [4.69, 9.17) is 9.47 Å². The molecule has 8 nitrogen and oxygen atoms in total. The Morgan fingerprint density at radius 3 is 2.50 bits per heavy atom. The van der Waals surface area contributed by atoms with Gasteiger partial charge in [-0.05, 0) is 43.0 Å². The Labute approximate surface area is 168 Å². The summed E-state index contributed by atoms with van der Waals surface area (Å²) in [7, 11) is 1.92. The molecule has 9 heteroatoms. The van der Waals surface area contributed by atoms with Crippen LogP contribution in [0.3, 0.4) is 0 Å². The largest absolute Gasteiger partial charge is 0.497 e. The number of sulfonamides is 1. The van der Waals surface area contributed by atoms with Crippen LogP contribution in [0.5, 0.6) is 11.5 Å². The SMILES string of the molecule is CN=C(NCCS(=O)(=O)NCC1CCC1)N(C)CCOc1ccc(OC)cc1. The zero-order valence-corrected chi connectivity index (χ0v) is 17.8. The van der Waals surface area contributed by atoms with Gasteiger partial charge in [0.2, 0.25) is 10.0 Å². The van der Waals surface area contributed by atoms with Crippen LogP contribution in [0.15, 0.2) is 29.3 Å². The molecule has 0 bridgehead atoms. The van der Waals surface area contributed by atoms with Crippen LogP contribution in [0, 0.1) is 5.92 Å². The number of hydrogen-bond acceptors (Lipinski definition) is 5. The molecule has 0 unspecified atom stereocenters. The molecule has 158 valence electrons. The van der Waals surface area contributed by atoms with E-state index in [0.29, 0.717) is 38.1 Å². The first-order valence-corrected chi connectivity index (χ1v) is 11.2. The van der Waals surface area contributed by atoms with Crippen molar-refractivity contribution in [2.24, 2.45) is 10.9 Å². The van der Waals surface area contributed by atoms with E-state index in [9.17, 15) is 8.42 Å². The number of benzene rings is 1. The van der Waals surface area contributed by atoms with E-state index in [1.807, 2.05) is 36.2 Å². The highest BCUT2D eigenvalue weighted by Crippen LogP contribution is 2.25. The van der Waals surface area contributed by atoms with Gasteiger partial charge >= 0.3 is 0 Å². The first-order valence-electron chi connectivity index (χ1n) is 9.59. The van der Waals surface area contributed by atoms with Crippen LogP contribution in [-0.2, 0) is 10.0 Å². The van der Waals surface area contributed by atoms with Gasteiger partial charge in [-0.1, -0.05) is 6.42 Å². The van der Waals surface area contributed by atoms with Gasteiger partial charge < -0.3 is 19.7 Å².